The Bertz CT molecular complexity index is 446. The molecule has 0 radical (unpaired) electrons. The summed E-state index contributed by atoms with van der Waals surface area (Å²) in [6.07, 6.45) is 3.51. The Labute approximate surface area is 115 Å². The first-order valence-electron chi connectivity index (χ1n) is 7.40. The van der Waals surface area contributed by atoms with Gasteiger partial charge in [-0.2, -0.15) is 0 Å². The molecule has 2 bridgehead atoms. The van der Waals surface area contributed by atoms with Crippen molar-refractivity contribution in [3.8, 4) is 0 Å². The summed E-state index contributed by atoms with van der Waals surface area (Å²) in [5.74, 6) is 0. The number of aliphatic hydroxyl groups excluding tert-OH is 1. The maximum absolute atomic E-state index is 9.95. The van der Waals surface area contributed by atoms with E-state index in [9.17, 15) is 5.11 Å². The number of benzene rings is 1. The van der Waals surface area contributed by atoms with Crippen molar-refractivity contribution in [2.24, 2.45) is 0 Å². The molecule has 2 aliphatic heterocycles. The van der Waals surface area contributed by atoms with Crippen LogP contribution < -0.4 is 4.90 Å². The number of likely N-dealkylation sites (N-methyl/N-ethyl adjacent to an activating group) is 1. The number of hydrogen-bond donors (Lipinski definition) is 1. The van der Waals surface area contributed by atoms with Crippen molar-refractivity contribution >= 4 is 5.69 Å². The van der Waals surface area contributed by atoms with Gasteiger partial charge < -0.3 is 10.0 Å². The van der Waals surface area contributed by atoms with Gasteiger partial charge in [-0.15, -0.1) is 0 Å². The standard InChI is InChI=1S/C16H24N2O/c1-12(19)15-5-3-4-6-16(15)18-10-9-13-7-8-14(11-18)17(13)2/h3-6,12-14,19H,7-11H2,1-2H3/t12-,13?,14?/m0/s1. The van der Waals surface area contributed by atoms with Gasteiger partial charge in [0.15, 0.2) is 0 Å². The first-order valence-corrected chi connectivity index (χ1v) is 7.40. The Morgan fingerprint density at radius 2 is 1.89 bits per heavy atom. The van der Waals surface area contributed by atoms with Gasteiger partial charge in [0.2, 0.25) is 0 Å². The second-order valence-electron chi connectivity index (χ2n) is 6.02. The highest BCUT2D eigenvalue weighted by atomic mass is 16.3. The third kappa shape index (κ3) is 2.37. The van der Waals surface area contributed by atoms with Gasteiger partial charge >= 0.3 is 0 Å². The van der Waals surface area contributed by atoms with Crippen molar-refractivity contribution in [3.63, 3.8) is 0 Å². The predicted octanol–water partition coefficient (Wildman–Crippen LogP) is 2.41. The van der Waals surface area contributed by atoms with Crippen molar-refractivity contribution in [1.29, 1.82) is 0 Å². The second-order valence-corrected chi connectivity index (χ2v) is 6.02. The van der Waals surface area contributed by atoms with Crippen molar-refractivity contribution < 1.29 is 5.11 Å². The predicted molar refractivity (Wildman–Crippen MR) is 78.5 cm³/mol. The van der Waals surface area contributed by atoms with Crippen LogP contribution in [0.15, 0.2) is 24.3 Å². The quantitative estimate of drug-likeness (QED) is 0.884. The van der Waals surface area contributed by atoms with Crippen LogP contribution in [0.2, 0.25) is 0 Å². The van der Waals surface area contributed by atoms with Crippen LogP contribution in [0.5, 0.6) is 0 Å². The molecule has 2 unspecified atom stereocenters. The normalized spacial score (nSPS) is 29.3. The van der Waals surface area contributed by atoms with E-state index in [1.807, 2.05) is 19.1 Å². The molecular weight excluding hydrogens is 236 g/mol. The molecule has 3 heteroatoms. The van der Waals surface area contributed by atoms with E-state index in [0.29, 0.717) is 6.04 Å². The number of nitrogens with zero attached hydrogens (tertiary/aromatic N) is 2. The lowest BCUT2D eigenvalue weighted by Gasteiger charge is -2.30. The highest BCUT2D eigenvalue weighted by Gasteiger charge is 2.35. The summed E-state index contributed by atoms with van der Waals surface area (Å²) in [7, 11) is 2.27. The summed E-state index contributed by atoms with van der Waals surface area (Å²) in [6, 6.07) is 9.73. The first-order chi connectivity index (χ1) is 9.16. The van der Waals surface area contributed by atoms with Crippen LogP contribution >= 0.6 is 0 Å². The molecule has 3 rings (SSSR count). The molecule has 19 heavy (non-hydrogen) atoms. The SMILES string of the molecule is C[C@H](O)c1ccccc1N1CCC2CCC(C1)N2C. The molecule has 0 aromatic heterocycles. The lowest BCUT2D eigenvalue weighted by molar-refractivity contribution is 0.199. The fourth-order valence-corrected chi connectivity index (χ4v) is 3.66. The van der Waals surface area contributed by atoms with Crippen LogP contribution in [0.1, 0.15) is 37.9 Å². The average molecular weight is 260 g/mol. The van der Waals surface area contributed by atoms with Crippen LogP contribution in [-0.2, 0) is 0 Å². The molecule has 0 saturated carbocycles. The Hall–Kier alpha value is -1.06. The zero-order valence-electron chi connectivity index (χ0n) is 11.9. The molecule has 0 amide bonds. The number of anilines is 1. The topological polar surface area (TPSA) is 26.7 Å². The van der Waals surface area contributed by atoms with E-state index in [1.54, 1.807) is 0 Å². The largest absolute Gasteiger partial charge is 0.389 e. The van der Waals surface area contributed by atoms with E-state index < -0.39 is 6.10 Å². The van der Waals surface area contributed by atoms with Gasteiger partial charge in [0.05, 0.1) is 6.10 Å². The van der Waals surface area contributed by atoms with Crippen LogP contribution in [0.4, 0.5) is 5.69 Å². The Balaban J connectivity index is 1.87. The van der Waals surface area contributed by atoms with Gasteiger partial charge in [0.25, 0.3) is 0 Å². The molecular formula is C16H24N2O. The zero-order valence-corrected chi connectivity index (χ0v) is 11.9. The minimum atomic E-state index is -0.394. The van der Waals surface area contributed by atoms with Gasteiger partial charge in [0.1, 0.15) is 0 Å². The first kappa shape index (κ1) is 12.9. The van der Waals surface area contributed by atoms with Gasteiger partial charge in [-0.25, -0.2) is 0 Å². The van der Waals surface area contributed by atoms with Gasteiger partial charge in [-0.1, -0.05) is 18.2 Å². The lowest BCUT2D eigenvalue weighted by Crippen LogP contribution is -2.37. The van der Waals surface area contributed by atoms with E-state index in [2.05, 4.69) is 29.0 Å². The van der Waals surface area contributed by atoms with Crippen molar-refractivity contribution in [2.45, 2.75) is 44.4 Å². The number of rotatable bonds is 2. The summed E-state index contributed by atoms with van der Waals surface area (Å²) in [6.45, 7) is 4.06. The van der Waals surface area contributed by atoms with Gasteiger partial charge in [-0.3, -0.25) is 4.90 Å². The molecule has 2 aliphatic rings. The van der Waals surface area contributed by atoms with E-state index in [0.717, 1.165) is 24.7 Å². The Morgan fingerprint density at radius 3 is 2.68 bits per heavy atom. The number of fused-ring (bicyclic) bond motifs is 2. The molecule has 104 valence electrons. The molecule has 2 saturated heterocycles. The fraction of sp³-hybridized carbons (Fsp3) is 0.625. The Morgan fingerprint density at radius 1 is 1.16 bits per heavy atom. The minimum absolute atomic E-state index is 0.394. The molecule has 3 nitrogen and oxygen atoms in total. The second kappa shape index (κ2) is 5.14. The maximum Gasteiger partial charge on any atom is 0.0781 e. The summed E-state index contributed by atoms with van der Waals surface area (Å²) in [4.78, 5) is 5.04. The third-order valence-electron chi connectivity index (χ3n) is 4.88. The highest BCUT2D eigenvalue weighted by Crippen LogP contribution is 2.33. The third-order valence-corrected chi connectivity index (χ3v) is 4.88. The number of aliphatic hydroxyl groups is 1. The van der Waals surface area contributed by atoms with Crippen molar-refractivity contribution in [3.05, 3.63) is 29.8 Å². The zero-order chi connectivity index (χ0) is 13.4. The highest BCUT2D eigenvalue weighted by molar-refractivity contribution is 5.55. The van der Waals surface area contributed by atoms with Gasteiger partial charge in [-0.05, 0) is 39.3 Å². The summed E-state index contributed by atoms with van der Waals surface area (Å²) in [5.41, 5.74) is 2.28. The lowest BCUT2D eigenvalue weighted by atomic mass is 10.0. The van der Waals surface area contributed by atoms with Crippen LogP contribution in [0.3, 0.4) is 0 Å². The van der Waals surface area contributed by atoms with Gasteiger partial charge in [0, 0.05) is 36.4 Å². The summed E-state index contributed by atoms with van der Waals surface area (Å²) < 4.78 is 0. The van der Waals surface area contributed by atoms with E-state index in [-0.39, 0.29) is 0 Å². The summed E-state index contributed by atoms with van der Waals surface area (Å²) >= 11 is 0. The molecule has 1 N–H and O–H groups in total. The van der Waals surface area contributed by atoms with Crippen LogP contribution in [0.25, 0.3) is 0 Å². The van der Waals surface area contributed by atoms with E-state index in [4.69, 9.17) is 0 Å². The van der Waals surface area contributed by atoms with Crippen molar-refractivity contribution in [1.82, 2.24) is 4.90 Å². The maximum atomic E-state index is 9.95. The molecule has 2 fully saturated rings. The smallest absolute Gasteiger partial charge is 0.0781 e. The molecule has 2 heterocycles. The molecule has 0 aliphatic carbocycles. The van der Waals surface area contributed by atoms with Crippen LogP contribution in [0, 0.1) is 0 Å². The van der Waals surface area contributed by atoms with Crippen LogP contribution in [-0.4, -0.2) is 42.2 Å². The summed E-state index contributed by atoms with van der Waals surface area (Å²) in [5, 5.41) is 9.95. The fourth-order valence-electron chi connectivity index (χ4n) is 3.66. The molecule has 0 spiro atoms. The minimum Gasteiger partial charge on any atom is -0.389 e. The Kier molecular flexibility index (Phi) is 3.50. The molecule has 1 aromatic rings. The molecule has 3 atom stereocenters. The molecule has 1 aromatic carbocycles. The average Bonchev–Trinajstić information content (AvgIpc) is 2.63. The number of para-hydroxylation sites is 1. The van der Waals surface area contributed by atoms with E-state index in [1.165, 1.54) is 24.9 Å². The number of hydrogen-bond acceptors (Lipinski definition) is 3. The van der Waals surface area contributed by atoms with Crippen molar-refractivity contribution in [2.75, 3.05) is 25.0 Å². The van der Waals surface area contributed by atoms with E-state index >= 15 is 0 Å². The monoisotopic (exact) mass is 260 g/mol.